The van der Waals surface area contributed by atoms with E-state index in [0.29, 0.717) is 24.9 Å². The number of nitrogens with one attached hydrogen (secondary N) is 1. The summed E-state index contributed by atoms with van der Waals surface area (Å²) in [6.45, 7) is 7.83. The van der Waals surface area contributed by atoms with Crippen molar-refractivity contribution in [2.75, 3.05) is 13.2 Å². The number of carbonyl (C=O) groups excluding carboxylic acids is 1. The molecular weight excluding hydrogens is 238 g/mol. The maximum Gasteiger partial charge on any atom is 0.220 e. The van der Waals surface area contributed by atoms with E-state index < -0.39 is 0 Å². The Morgan fingerprint density at radius 1 is 1.21 bits per heavy atom. The molecule has 1 amide bonds. The lowest BCUT2D eigenvalue weighted by atomic mass is 9.84. The molecule has 0 saturated heterocycles. The Bertz CT molecular complexity index is 247. The number of rotatable bonds is 8. The van der Waals surface area contributed by atoms with E-state index in [-0.39, 0.29) is 11.9 Å². The fourth-order valence-corrected chi connectivity index (χ4v) is 2.77. The molecule has 0 heterocycles. The van der Waals surface area contributed by atoms with Gasteiger partial charge in [0.15, 0.2) is 0 Å². The summed E-state index contributed by atoms with van der Waals surface area (Å²) < 4.78 is 5.77. The molecule has 1 fully saturated rings. The van der Waals surface area contributed by atoms with Gasteiger partial charge in [-0.3, -0.25) is 4.79 Å². The zero-order valence-corrected chi connectivity index (χ0v) is 12.9. The first-order valence-electron chi connectivity index (χ1n) is 8.00. The number of hydrogen-bond acceptors (Lipinski definition) is 2. The van der Waals surface area contributed by atoms with Crippen molar-refractivity contribution in [3.05, 3.63) is 0 Å². The highest BCUT2D eigenvalue weighted by Gasteiger charge is 2.25. The summed E-state index contributed by atoms with van der Waals surface area (Å²) in [6.07, 6.45) is 7.97. The smallest absolute Gasteiger partial charge is 0.220 e. The fourth-order valence-electron chi connectivity index (χ4n) is 2.77. The Morgan fingerprint density at radius 2 is 1.89 bits per heavy atom. The van der Waals surface area contributed by atoms with Gasteiger partial charge in [-0.05, 0) is 31.1 Å². The molecule has 0 spiro atoms. The van der Waals surface area contributed by atoms with E-state index >= 15 is 0 Å². The molecule has 1 saturated carbocycles. The van der Waals surface area contributed by atoms with Crippen LogP contribution in [0.2, 0.25) is 0 Å². The topological polar surface area (TPSA) is 38.3 Å². The van der Waals surface area contributed by atoms with Crippen LogP contribution < -0.4 is 5.32 Å². The van der Waals surface area contributed by atoms with Crippen molar-refractivity contribution in [2.45, 2.75) is 71.8 Å². The summed E-state index contributed by atoms with van der Waals surface area (Å²) in [7, 11) is 0. The molecule has 1 aliphatic rings. The minimum atomic E-state index is 0.186. The van der Waals surface area contributed by atoms with Crippen LogP contribution in [0.1, 0.15) is 65.7 Å². The molecule has 0 aromatic rings. The highest BCUT2D eigenvalue weighted by atomic mass is 16.5. The van der Waals surface area contributed by atoms with E-state index in [1.165, 1.54) is 32.1 Å². The zero-order valence-electron chi connectivity index (χ0n) is 12.9. The number of amides is 1. The molecule has 1 rings (SSSR count). The van der Waals surface area contributed by atoms with E-state index in [9.17, 15) is 4.79 Å². The van der Waals surface area contributed by atoms with E-state index in [0.717, 1.165) is 13.0 Å². The molecule has 3 heteroatoms. The third-order valence-corrected chi connectivity index (χ3v) is 3.79. The van der Waals surface area contributed by atoms with Gasteiger partial charge in [0.2, 0.25) is 5.91 Å². The summed E-state index contributed by atoms with van der Waals surface area (Å²) in [6, 6.07) is 0.220. The quantitative estimate of drug-likeness (QED) is 0.732. The molecule has 0 bridgehead atoms. The molecule has 112 valence electrons. The van der Waals surface area contributed by atoms with Crippen LogP contribution in [0, 0.1) is 11.8 Å². The summed E-state index contributed by atoms with van der Waals surface area (Å²) in [5.41, 5.74) is 0. The Balaban J connectivity index is 2.43. The first-order valence-corrected chi connectivity index (χ1v) is 8.00. The Hall–Kier alpha value is -0.570. The highest BCUT2D eigenvalue weighted by molar-refractivity contribution is 5.76. The van der Waals surface area contributed by atoms with Gasteiger partial charge in [0, 0.05) is 13.0 Å². The second kappa shape index (κ2) is 9.35. The van der Waals surface area contributed by atoms with Crippen LogP contribution in [-0.4, -0.2) is 25.2 Å². The minimum absolute atomic E-state index is 0.186. The highest BCUT2D eigenvalue weighted by Crippen LogP contribution is 2.26. The Labute approximate surface area is 118 Å². The van der Waals surface area contributed by atoms with Gasteiger partial charge >= 0.3 is 0 Å². The maximum atomic E-state index is 11.8. The third kappa shape index (κ3) is 6.95. The van der Waals surface area contributed by atoms with Crippen molar-refractivity contribution >= 4 is 5.91 Å². The van der Waals surface area contributed by atoms with Gasteiger partial charge in [0.25, 0.3) is 0 Å². The van der Waals surface area contributed by atoms with Gasteiger partial charge in [0.1, 0.15) is 0 Å². The SMILES string of the molecule is CCCC(=O)NC(COCC(C)C)C1CCCCC1. The molecule has 0 radical (unpaired) electrons. The molecule has 3 nitrogen and oxygen atoms in total. The lowest BCUT2D eigenvalue weighted by Crippen LogP contribution is -2.44. The van der Waals surface area contributed by atoms with Gasteiger partial charge in [-0.25, -0.2) is 0 Å². The average Bonchev–Trinajstić information content (AvgIpc) is 2.38. The van der Waals surface area contributed by atoms with Crippen LogP contribution in [0.3, 0.4) is 0 Å². The van der Waals surface area contributed by atoms with Crippen molar-refractivity contribution in [1.82, 2.24) is 5.32 Å². The largest absolute Gasteiger partial charge is 0.379 e. The number of ether oxygens (including phenoxy) is 1. The average molecular weight is 269 g/mol. The van der Waals surface area contributed by atoms with Crippen LogP contribution >= 0.6 is 0 Å². The van der Waals surface area contributed by atoms with Crippen LogP contribution in [0.15, 0.2) is 0 Å². The van der Waals surface area contributed by atoms with Crippen molar-refractivity contribution in [3.8, 4) is 0 Å². The fraction of sp³-hybridized carbons (Fsp3) is 0.938. The van der Waals surface area contributed by atoms with Crippen LogP contribution in [-0.2, 0) is 9.53 Å². The van der Waals surface area contributed by atoms with Gasteiger partial charge < -0.3 is 10.1 Å². The minimum Gasteiger partial charge on any atom is -0.379 e. The van der Waals surface area contributed by atoms with Gasteiger partial charge in [-0.2, -0.15) is 0 Å². The Morgan fingerprint density at radius 3 is 2.47 bits per heavy atom. The standard InChI is InChI=1S/C16H31NO2/c1-4-8-16(18)17-15(12-19-11-13(2)3)14-9-6-5-7-10-14/h13-15H,4-12H2,1-3H3,(H,17,18). The Kier molecular flexibility index (Phi) is 8.11. The molecule has 19 heavy (non-hydrogen) atoms. The third-order valence-electron chi connectivity index (χ3n) is 3.79. The summed E-state index contributed by atoms with van der Waals surface area (Å²) >= 11 is 0. The van der Waals surface area contributed by atoms with Crippen LogP contribution in [0.25, 0.3) is 0 Å². The monoisotopic (exact) mass is 269 g/mol. The lowest BCUT2D eigenvalue weighted by molar-refractivity contribution is -0.123. The van der Waals surface area contributed by atoms with Gasteiger partial charge in [-0.15, -0.1) is 0 Å². The normalized spacial score (nSPS) is 18.5. The predicted molar refractivity (Wildman–Crippen MR) is 79.1 cm³/mol. The van der Waals surface area contributed by atoms with E-state index in [1.54, 1.807) is 0 Å². The summed E-state index contributed by atoms with van der Waals surface area (Å²) in [4.78, 5) is 11.8. The number of hydrogen-bond donors (Lipinski definition) is 1. The van der Waals surface area contributed by atoms with E-state index in [4.69, 9.17) is 4.74 Å². The lowest BCUT2D eigenvalue weighted by Gasteiger charge is -2.31. The van der Waals surface area contributed by atoms with Crippen molar-refractivity contribution < 1.29 is 9.53 Å². The summed E-state index contributed by atoms with van der Waals surface area (Å²) in [5.74, 6) is 1.35. The van der Waals surface area contributed by atoms with Crippen LogP contribution in [0.5, 0.6) is 0 Å². The molecule has 1 N–H and O–H groups in total. The maximum absolute atomic E-state index is 11.8. The van der Waals surface area contributed by atoms with E-state index in [2.05, 4.69) is 19.2 Å². The molecule has 1 unspecified atom stereocenters. The second-order valence-corrected chi connectivity index (χ2v) is 6.25. The molecule has 1 atom stereocenters. The second-order valence-electron chi connectivity index (χ2n) is 6.25. The number of carbonyl (C=O) groups is 1. The summed E-state index contributed by atoms with van der Waals surface area (Å²) in [5, 5.41) is 3.20. The van der Waals surface area contributed by atoms with Crippen LogP contribution in [0.4, 0.5) is 0 Å². The molecule has 0 aromatic carbocycles. The van der Waals surface area contributed by atoms with Crippen molar-refractivity contribution in [3.63, 3.8) is 0 Å². The first kappa shape index (κ1) is 16.5. The van der Waals surface area contributed by atoms with Gasteiger partial charge in [0.05, 0.1) is 12.6 Å². The zero-order chi connectivity index (χ0) is 14.1. The first-order chi connectivity index (χ1) is 9.13. The molecule has 1 aliphatic carbocycles. The van der Waals surface area contributed by atoms with E-state index in [1.807, 2.05) is 6.92 Å². The molecule has 0 aliphatic heterocycles. The predicted octanol–water partition coefficient (Wildman–Crippen LogP) is 3.52. The van der Waals surface area contributed by atoms with Crippen molar-refractivity contribution in [1.29, 1.82) is 0 Å². The van der Waals surface area contributed by atoms with Crippen molar-refractivity contribution in [2.24, 2.45) is 11.8 Å². The molecule has 0 aromatic heterocycles. The molecular formula is C16H31NO2. The van der Waals surface area contributed by atoms with Gasteiger partial charge in [-0.1, -0.05) is 40.0 Å².